The topological polar surface area (TPSA) is 89.3 Å². The van der Waals surface area contributed by atoms with Crippen molar-refractivity contribution in [3.05, 3.63) is 71.8 Å². The van der Waals surface area contributed by atoms with Crippen molar-refractivity contribution in [1.82, 2.24) is 19.7 Å². The summed E-state index contributed by atoms with van der Waals surface area (Å²) in [5, 5.41) is 7.05. The van der Waals surface area contributed by atoms with Crippen molar-refractivity contribution in [3.8, 4) is 11.1 Å². The van der Waals surface area contributed by atoms with Gasteiger partial charge in [-0.05, 0) is 42.3 Å². The second kappa shape index (κ2) is 9.57. The maximum atomic E-state index is 12.9. The number of pyridine rings is 1. The molecule has 0 unspecified atom stereocenters. The lowest BCUT2D eigenvalue weighted by Gasteiger charge is -2.27. The molecule has 3 aromatic rings. The first-order chi connectivity index (χ1) is 15.5. The van der Waals surface area contributed by atoms with Crippen LogP contribution in [0.3, 0.4) is 0 Å². The summed E-state index contributed by atoms with van der Waals surface area (Å²) in [6.07, 6.45) is 10.3. The molecule has 3 heterocycles. The predicted molar refractivity (Wildman–Crippen MR) is 122 cm³/mol. The number of hydrogen-bond donors (Lipinski definition) is 1. The van der Waals surface area contributed by atoms with Crippen LogP contribution in [0, 0.1) is 6.92 Å². The molecule has 0 atom stereocenters. The number of ether oxygens (including phenoxy) is 1. The molecule has 1 fully saturated rings. The van der Waals surface area contributed by atoms with Crippen molar-refractivity contribution in [3.63, 3.8) is 0 Å². The Hall–Kier alpha value is -3.78. The monoisotopic (exact) mass is 431 g/mol. The Morgan fingerprint density at radius 2 is 1.97 bits per heavy atom. The molecule has 1 saturated heterocycles. The zero-order valence-electron chi connectivity index (χ0n) is 18.1. The second-order valence-electron chi connectivity index (χ2n) is 7.62. The fourth-order valence-corrected chi connectivity index (χ4v) is 3.58. The molecule has 2 aromatic heterocycles. The van der Waals surface area contributed by atoms with Crippen LogP contribution in [0.5, 0.6) is 0 Å². The van der Waals surface area contributed by atoms with Gasteiger partial charge in [-0.1, -0.05) is 6.07 Å². The van der Waals surface area contributed by atoms with Crippen LogP contribution in [0.25, 0.3) is 17.2 Å². The summed E-state index contributed by atoms with van der Waals surface area (Å²) < 4.78 is 7.05. The molecule has 0 saturated carbocycles. The van der Waals surface area contributed by atoms with Gasteiger partial charge in [-0.15, -0.1) is 0 Å². The minimum atomic E-state index is -0.292. The van der Waals surface area contributed by atoms with Gasteiger partial charge < -0.3 is 15.0 Å². The van der Waals surface area contributed by atoms with Gasteiger partial charge in [-0.3, -0.25) is 19.3 Å². The minimum Gasteiger partial charge on any atom is -0.378 e. The summed E-state index contributed by atoms with van der Waals surface area (Å²) in [6.45, 7) is 4.12. The summed E-state index contributed by atoms with van der Waals surface area (Å²) in [5.41, 5.74) is 4.71. The summed E-state index contributed by atoms with van der Waals surface area (Å²) in [7, 11) is 1.85. The van der Waals surface area contributed by atoms with Gasteiger partial charge in [0.2, 0.25) is 5.91 Å². The normalized spacial score (nSPS) is 14.0. The molecular weight excluding hydrogens is 406 g/mol. The van der Waals surface area contributed by atoms with Crippen LogP contribution < -0.4 is 5.32 Å². The van der Waals surface area contributed by atoms with Crippen molar-refractivity contribution < 1.29 is 14.3 Å². The molecule has 8 heteroatoms. The van der Waals surface area contributed by atoms with Crippen molar-refractivity contribution in [2.75, 3.05) is 31.6 Å². The predicted octanol–water partition coefficient (Wildman–Crippen LogP) is 2.91. The molecule has 32 heavy (non-hydrogen) atoms. The maximum absolute atomic E-state index is 12.9. The van der Waals surface area contributed by atoms with Crippen LogP contribution >= 0.6 is 0 Å². The Labute approximate surface area is 186 Å². The average Bonchev–Trinajstić information content (AvgIpc) is 3.25. The van der Waals surface area contributed by atoms with Gasteiger partial charge in [0.1, 0.15) is 0 Å². The molecule has 0 bridgehead atoms. The molecule has 1 aliphatic rings. The van der Waals surface area contributed by atoms with Crippen LogP contribution in [-0.2, 0) is 16.6 Å². The molecule has 0 spiro atoms. The first-order valence-electron chi connectivity index (χ1n) is 10.4. The van der Waals surface area contributed by atoms with Crippen molar-refractivity contribution in [2.45, 2.75) is 6.92 Å². The van der Waals surface area contributed by atoms with Crippen LogP contribution in [0.2, 0.25) is 0 Å². The fraction of sp³-hybridized carbons (Fsp3) is 0.250. The highest BCUT2D eigenvalue weighted by atomic mass is 16.5. The van der Waals surface area contributed by atoms with Gasteiger partial charge in [0.15, 0.2) is 0 Å². The van der Waals surface area contributed by atoms with Gasteiger partial charge in [0.25, 0.3) is 5.91 Å². The van der Waals surface area contributed by atoms with E-state index in [9.17, 15) is 9.59 Å². The molecule has 8 nitrogen and oxygen atoms in total. The zero-order valence-corrected chi connectivity index (χ0v) is 18.1. The molecule has 4 rings (SSSR count). The number of hydrogen-bond acceptors (Lipinski definition) is 5. The maximum Gasteiger partial charge on any atom is 0.254 e. The van der Waals surface area contributed by atoms with E-state index in [0.29, 0.717) is 37.6 Å². The van der Waals surface area contributed by atoms with E-state index in [2.05, 4.69) is 15.4 Å². The molecule has 1 aliphatic heterocycles. The van der Waals surface area contributed by atoms with E-state index < -0.39 is 0 Å². The Kier molecular flexibility index (Phi) is 6.42. The Morgan fingerprint density at radius 1 is 1.16 bits per heavy atom. The third kappa shape index (κ3) is 4.92. The fourth-order valence-electron chi connectivity index (χ4n) is 3.58. The molecule has 164 valence electrons. The molecule has 0 radical (unpaired) electrons. The number of benzene rings is 1. The highest BCUT2D eigenvalue weighted by molar-refractivity contribution is 6.03. The summed E-state index contributed by atoms with van der Waals surface area (Å²) in [6, 6.07) is 7.25. The number of nitrogens with zero attached hydrogens (tertiary/aromatic N) is 4. The highest BCUT2D eigenvalue weighted by Gasteiger charge is 2.20. The number of aromatic nitrogens is 3. The highest BCUT2D eigenvalue weighted by Crippen LogP contribution is 2.23. The molecule has 2 amide bonds. The lowest BCUT2D eigenvalue weighted by molar-refractivity contribution is -0.111. The van der Waals surface area contributed by atoms with E-state index in [1.54, 1.807) is 46.4 Å². The Balaban J connectivity index is 1.48. The van der Waals surface area contributed by atoms with Gasteiger partial charge >= 0.3 is 0 Å². The first-order valence-corrected chi connectivity index (χ1v) is 10.4. The summed E-state index contributed by atoms with van der Waals surface area (Å²) in [5.74, 6) is -0.339. The molecule has 0 aliphatic carbocycles. The first kappa shape index (κ1) is 21.5. The van der Waals surface area contributed by atoms with Gasteiger partial charge in [-0.2, -0.15) is 5.10 Å². The van der Waals surface area contributed by atoms with Crippen molar-refractivity contribution in [2.24, 2.45) is 7.05 Å². The van der Waals surface area contributed by atoms with Crippen LogP contribution in [0.4, 0.5) is 5.69 Å². The Bertz CT molecular complexity index is 1160. The van der Waals surface area contributed by atoms with E-state index in [1.165, 1.54) is 6.08 Å². The van der Waals surface area contributed by atoms with E-state index in [1.807, 2.05) is 32.3 Å². The zero-order chi connectivity index (χ0) is 22.5. The van der Waals surface area contributed by atoms with Crippen LogP contribution in [0.15, 0.2) is 55.1 Å². The van der Waals surface area contributed by atoms with Crippen molar-refractivity contribution in [1.29, 1.82) is 0 Å². The number of rotatable bonds is 5. The van der Waals surface area contributed by atoms with Crippen LogP contribution in [0.1, 0.15) is 21.5 Å². The number of anilines is 1. The molecule has 1 N–H and O–H groups in total. The van der Waals surface area contributed by atoms with Gasteiger partial charge in [0, 0.05) is 67.2 Å². The quantitative estimate of drug-likeness (QED) is 0.628. The summed E-state index contributed by atoms with van der Waals surface area (Å²) >= 11 is 0. The summed E-state index contributed by atoms with van der Waals surface area (Å²) in [4.78, 5) is 31.4. The number of amides is 2. The number of carbonyl (C=O) groups is 2. The van der Waals surface area contributed by atoms with Gasteiger partial charge in [-0.25, -0.2) is 0 Å². The van der Waals surface area contributed by atoms with Crippen molar-refractivity contribution >= 4 is 23.6 Å². The molecular formula is C24H25N5O3. The number of aryl methyl sites for hydroxylation is 2. The van der Waals surface area contributed by atoms with E-state index in [4.69, 9.17) is 4.74 Å². The largest absolute Gasteiger partial charge is 0.378 e. The number of carbonyl (C=O) groups excluding carboxylic acids is 2. The van der Waals surface area contributed by atoms with Gasteiger partial charge in [0.05, 0.1) is 19.4 Å². The SMILES string of the molecule is Cc1ccc(NC(=O)/C=C/c2cnccc2-c2cnn(C)c2)cc1C(=O)N1CCOCC1. The van der Waals surface area contributed by atoms with E-state index >= 15 is 0 Å². The third-order valence-electron chi connectivity index (χ3n) is 5.32. The molecule has 1 aromatic carbocycles. The van der Waals surface area contributed by atoms with E-state index in [-0.39, 0.29) is 11.8 Å². The third-order valence-corrected chi connectivity index (χ3v) is 5.32. The lowest BCUT2D eigenvalue weighted by atomic mass is 10.0. The lowest BCUT2D eigenvalue weighted by Crippen LogP contribution is -2.41. The minimum absolute atomic E-state index is 0.0473. The van der Waals surface area contributed by atoms with E-state index in [0.717, 1.165) is 22.3 Å². The Morgan fingerprint density at radius 3 is 2.72 bits per heavy atom. The standard InChI is InChI=1S/C24H25N5O3/c1-17-3-5-20(13-22(17)24(31)29-9-11-32-12-10-29)27-23(30)6-4-18-14-25-8-7-21(18)19-15-26-28(2)16-19/h3-8,13-16H,9-12H2,1-2H3,(H,27,30)/b6-4+. The smallest absolute Gasteiger partial charge is 0.254 e. The van der Waals surface area contributed by atoms with Crippen LogP contribution in [-0.4, -0.2) is 57.8 Å². The number of morpholine rings is 1. The average molecular weight is 431 g/mol. The second-order valence-corrected chi connectivity index (χ2v) is 7.62. The number of nitrogens with one attached hydrogen (secondary N) is 1.